The van der Waals surface area contributed by atoms with Crippen molar-refractivity contribution in [3.63, 3.8) is 0 Å². The fourth-order valence-electron chi connectivity index (χ4n) is 1.60. The SMILES string of the molecule is COc1ccc(/C=C/NC(=O)c2ccccc2)cc1. The zero-order chi connectivity index (χ0) is 13.5. The first kappa shape index (κ1) is 12.9. The van der Waals surface area contributed by atoms with Crippen molar-refractivity contribution in [2.75, 3.05) is 7.11 Å². The van der Waals surface area contributed by atoms with Crippen LogP contribution in [0.5, 0.6) is 5.75 Å². The van der Waals surface area contributed by atoms with Gasteiger partial charge in [-0.25, -0.2) is 0 Å². The fourth-order valence-corrected chi connectivity index (χ4v) is 1.60. The van der Waals surface area contributed by atoms with Crippen molar-refractivity contribution < 1.29 is 9.53 Å². The van der Waals surface area contributed by atoms with E-state index in [1.165, 1.54) is 0 Å². The van der Waals surface area contributed by atoms with Gasteiger partial charge in [-0.2, -0.15) is 0 Å². The molecule has 0 fully saturated rings. The topological polar surface area (TPSA) is 38.3 Å². The summed E-state index contributed by atoms with van der Waals surface area (Å²) in [6.07, 6.45) is 3.47. The lowest BCUT2D eigenvalue weighted by Gasteiger charge is -2.00. The van der Waals surface area contributed by atoms with E-state index in [0.717, 1.165) is 11.3 Å². The molecule has 0 aliphatic rings. The number of carbonyl (C=O) groups excluding carboxylic acids is 1. The molecule has 0 aliphatic heterocycles. The largest absolute Gasteiger partial charge is 0.497 e. The maximum absolute atomic E-state index is 11.8. The Morgan fingerprint density at radius 2 is 1.74 bits per heavy atom. The highest BCUT2D eigenvalue weighted by molar-refractivity contribution is 5.95. The van der Waals surface area contributed by atoms with E-state index in [9.17, 15) is 4.79 Å². The van der Waals surface area contributed by atoms with Gasteiger partial charge >= 0.3 is 0 Å². The lowest BCUT2D eigenvalue weighted by molar-refractivity contribution is 0.0970. The molecule has 3 nitrogen and oxygen atoms in total. The van der Waals surface area contributed by atoms with Crippen molar-refractivity contribution in [2.24, 2.45) is 0 Å². The van der Waals surface area contributed by atoms with E-state index in [-0.39, 0.29) is 5.91 Å². The summed E-state index contributed by atoms with van der Waals surface area (Å²) in [6, 6.07) is 16.7. The lowest BCUT2D eigenvalue weighted by Crippen LogP contribution is -2.16. The molecule has 1 N–H and O–H groups in total. The minimum absolute atomic E-state index is 0.120. The fraction of sp³-hybridized carbons (Fsp3) is 0.0625. The van der Waals surface area contributed by atoms with Crippen LogP contribution in [0.3, 0.4) is 0 Å². The summed E-state index contributed by atoms with van der Waals surface area (Å²) >= 11 is 0. The average molecular weight is 253 g/mol. The number of ether oxygens (including phenoxy) is 1. The van der Waals surface area contributed by atoms with E-state index in [2.05, 4.69) is 5.32 Å². The van der Waals surface area contributed by atoms with Crippen molar-refractivity contribution in [3.8, 4) is 5.75 Å². The Balaban J connectivity index is 1.94. The number of hydrogen-bond acceptors (Lipinski definition) is 2. The van der Waals surface area contributed by atoms with Crippen LogP contribution in [0.25, 0.3) is 6.08 Å². The Bertz CT molecular complexity index is 559. The number of carbonyl (C=O) groups is 1. The zero-order valence-electron chi connectivity index (χ0n) is 10.7. The van der Waals surface area contributed by atoms with Crippen molar-refractivity contribution in [3.05, 3.63) is 71.9 Å². The maximum atomic E-state index is 11.8. The van der Waals surface area contributed by atoms with Crippen LogP contribution in [0.4, 0.5) is 0 Å². The molecule has 0 saturated carbocycles. The van der Waals surface area contributed by atoms with Gasteiger partial charge in [0.05, 0.1) is 7.11 Å². The molecule has 0 heterocycles. The Hall–Kier alpha value is -2.55. The summed E-state index contributed by atoms with van der Waals surface area (Å²) in [5.41, 5.74) is 1.64. The number of amides is 1. The minimum atomic E-state index is -0.120. The highest BCUT2D eigenvalue weighted by Crippen LogP contribution is 2.11. The molecular formula is C16H15NO2. The Morgan fingerprint density at radius 1 is 1.05 bits per heavy atom. The van der Waals surface area contributed by atoms with Crippen LogP contribution in [-0.4, -0.2) is 13.0 Å². The van der Waals surface area contributed by atoms with Crippen molar-refractivity contribution >= 4 is 12.0 Å². The molecule has 0 saturated heterocycles. The summed E-state index contributed by atoms with van der Waals surface area (Å²) < 4.78 is 5.08. The summed E-state index contributed by atoms with van der Waals surface area (Å²) in [6.45, 7) is 0. The van der Waals surface area contributed by atoms with Crippen molar-refractivity contribution in [1.82, 2.24) is 5.32 Å². The predicted molar refractivity (Wildman–Crippen MR) is 75.9 cm³/mol. The summed E-state index contributed by atoms with van der Waals surface area (Å²) in [5.74, 6) is 0.691. The third-order valence-corrected chi connectivity index (χ3v) is 2.64. The summed E-state index contributed by atoms with van der Waals surface area (Å²) in [7, 11) is 1.63. The number of methoxy groups -OCH3 is 1. The van der Waals surface area contributed by atoms with E-state index in [1.807, 2.05) is 48.5 Å². The third-order valence-electron chi connectivity index (χ3n) is 2.64. The van der Waals surface area contributed by atoms with Crippen LogP contribution >= 0.6 is 0 Å². The standard InChI is InChI=1S/C16H15NO2/c1-19-15-9-7-13(8-10-15)11-12-17-16(18)14-5-3-2-4-6-14/h2-12H,1H3,(H,17,18)/b12-11+. The van der Waals surface area contributed by atoms with Gasteiger partial charge in [0.15, 0.2) is 0 Å². The molecule has 0 bridgehead atoms. The third kappa shape index (κ3) is 3.71. The number of hydrogen-bond donors (Lipinski definition) is 1. The first-order chi connectivity index (χ1) is 9.29. The van der Waals surface area contributed by atoms with E-state index < -0.39 is 0 Å². The maximum Gasteiger partial charge on any atom is 0.255 e. The molecule has 0 spiro atoms. The second-order valence-corrected chi connectivity index (χ2v) is 3.95. The Kier molecular flexibility index (Phi) is 4.34. The van der Waals surface area contributed by atoms with Gasteiger partial charge in [-0.1, -0.05) is 30.3 Å². The smallest absolute Gasteiger partial charge is 0.255 e. The van der Waals surface area contributed by atoms with Gasteiger partial charge < -0.3 is 10.1 Å². The number of rotatable bonds is 4. The van der Waals surface area contributed by atoms with Crippen molar-refractivity contribution in [1.29, 1.82) is 0 Å². The highest BCUT2D eigenvalue weighted by atomic mass is 16.5. The summed E-state index contributed by atoms with van der Waals surface area (Å²) in [4.78, 5) is 11.8. The van der Waals surface area contributed by atoms with Gasteiger partial charge in [0, 0.05) is 11.8 Å². The first-order valence-electron chi connectivity index (χ1n) is 5.96. The number of benzene rings is 2. The van der Waals surface area contributed by atoms with Crippen LogP contribution in [0, 0.1) is 0 Å². The second kappa shape index (κ2) is 6.40. The molecule has 96 valence electrons. The van der Waals surface area contributed by atoms with Gasteiger partial charge in [-0.3, -0.25) is 4.79 Å². The Labute approximate surface area is 112 Å². The zero-order valence-corrected chi connectivity index (χ0v) is 10.7. The van der Waals surface area contributed by atoms with Crippen LogP contribution < -0.4 is 10.1 Å². The van der Waals surface area contributed by atoms with Crippen LogP contribution in [-0.2, 0) is 0 Å². The highest BCUT2D eigenvalue weighted by Gasteiger charge is 2.00. The molecule has 19 heavy (non-hydrogen) atoms. The van der Waals surface area contributed by atoms with Crippen LogP contribution in [0.2, 0.25) is 0 Å². The van der Waals surface area contributed by atoms with E-state index >= 15 is 0 Å². The van der Waals surface area contributed by atoms with E-state index in [0.29, 0.717) is 5.56 Å². The van der Waals surface area contributed by atoms with E-state index in [4.69, 9.17) is 4.74 Å². The van der Waals surface area contributed by atoms with Gasteiger partial charge in [-0.05, 0) is 35.9 Å². The van der Waals surface area contributed by atoms with Gasteiger partial charge in [0.25, 0.3) is 5.91 Å². The molecule has 0 unspecified atom stereocenters. The summed E-state index contributed by atoms with van der Waals surface area (Å²) in [5, 5.41) is 2.73. The normalized spacial score (nSPS) is 10.4. The van der Waals surface area contributed by atoms with Crippen LogP contribution in [0.1, 0.15) is 15.9 Å². The van der Waals surface area contributed by atoms with Crippen LogP contribution in [0.15, 0.2) is 60.8 Å². The quantitative estimate of drug-likeness (QED) is 0.909. The van der Waals surface area contributed by atoms with Gasteiger partial charge in [0.2, 0.25) is 0 Å². The first-order valence-corrected chi connectivity index (χ1v) is 5.96. The molecule has 0 radical (unpaired) electrons. The molecule has 2 rings (SSSR count). The Morgan fingerprint density at radius 3 is 2.37 bits per heavy atom. The molecule has 2 aromatic carbocycles. The van der Waals surface area contributed by atoms with Gasteiger partial charge in [-0.15, -0.1) is 0 Å². The molecule has 0 aromatic heterocycles. The monoisotopic (exact) mass is 253 g/mol. The molecule has 0 atom stereocenters. The molecule has 3 heteroatoms. The number of nitrogens with one attached hydrogen (secondary N) is 1. The van der Waals surface area contributed by atoms with Crippen molar-refractivity contribution in [2.45, 2.75) is 0 Å². The van der Waals surface area contributed by atoms with Gasteiger partial charge in [0.1, 0.15) is 5.75 Å². The predicted octanol–water partition coefficient (Wildman–Crippen LogP) is 3.10. The average Bonchev–Trinajstić information content (AvgIpc) is 2.49. The van der Waals surface area contributed by atoms with E-state index in [1.54, 1.807) is 25.4 Å². The lowest BCUT2D eigenvalue weighted by atomic mass is 10.2. The molecule has 2 aromatic rings. The molecular weight excluding hydrogens is 238 g/mol. The second-order valence-electron chi connectivity index (χ2n) is 3.95. The molecule has 1 amide bonds. The minimum Gasteiger partial charge on any atom is -0.497 e. The molecule has 0 aliphatic carbocycles.